The highest BCUT2D eigenvalue weighted by Crippen LogP contribution is 2.47. The molecule has 6 atom stereocenters. The molecular formula is C54H97O12P. The number of carbonyl (C=O) groups is 1. The van der Waals surface area contributed by atoms with Crippen LogP contribution < -0.4 is 0 Å². The first-order chi connectivity index (χ1) is 32.5. The number of hydrogen-bond donors (Lipinski definition) is 6. The second-order valence-corrected chi connectivity index (χ2v) is 19.8. The third-order valence-corrected chi connectivity index (χ3v) is 13.1. The van der Waals surface area contributed by atoms with Gasteiger partial charge in [0.15, 0.2) is 0 Å². The number of carbonyl (C=O) groups excluding carboxylic acids is 1. The van der Waals surface area contributed by atoms with Gasteiger partial charge in [0, 0.05) is 13.0 Å². The Morgan fingerprint density at radius 2 is 0.836 bits per heavy atom. The molecule has 12 nitrogen and oxygen atoms in total. The molecule has 0 bridgehead atoms. The summed E-state index contributed by atoms with van der Waals surface area (Å²) in [7, 11) is -5.03. The van der Waals surface area contributed by atoms with Crippen LogP contribution in [0.2, 0.25) is 0 Å². The highest BCUT2D eigenvalue weighted by atomic mass is 31.2. The van der Waals surface area contributed by atoms with E-state index < -0.39 is 63.1 Å². The van der Waals surface area contributed by atoms with E-state index in [0.29, 0.717) is 13.0 Å². The Morgan fingerprint density at radius 1 is 0.478 bits per heavy atom. The fourth-order valence-corrected chi connectivity index (χ4v) is 8.84. The summed E-state index contributed by atoms with van der Waals surface area (Å²) < 4.78 is 34.3. The molecule has 0 aromatic carbocycles. The second-order valence-electron chi connectivity index (χ2n) is 18.4. The van der Waals surface area contributed by atoms with Gasteiger partial charge >= 0.3 is 13.8 Å². The Balaban J connectivity index is 2.33. The molecule has 0 heterocycles. The molecule has 1 aliphatic rings. The Labute approximate surface area is 407 Å². The van der Waals surface area contributed by atoms with Crippen LogP contribution in [-0.2, 0) is 27.9 Å². The topological polar surface area (TPSA) is 192 Å². The first kappa shape index (κ1) is 63.1. The van der Waals surface area contributed by atoms with Crippen molar-refractivity contribution in [1.82, 2.24) is 0 Å². The van der Waals surface area contributed by atoms with E-state index in [1.165, 1.54) is 96.3 Å². The normalized spacial score (nSPS) is 21.7. The number of aliphatic hydroxyl groups is 5. The average molecular weight is 969 g/mol. The van der Waals surface area contributed by atoms with E-state index in [4.69, 9.17) is 18.5 Å². The van der Waals surface area contributed by atoms with Crippen molar-refractivity contribution < 1.29 is 58.3 Å². The molecule has 0 amide bonds. The van der Waals surface area contributed by atoms with Crippen LogP contribution in [0.5, 0.6) is 0 Å². The highest BCUT2D eigenvalue weighted by Gasteiger charge is 2.51. The zero-order valence-electron chi connectivity index (χ0n) is 41.9. The molecule has 1 fully saturated rings. The molecule has 0 aromatic heterocycles. The minimum atomic E-state index is -5.03. The van der Waals surface area contributed by atoms with Gasteiger partial charge < -0.3 is 39.9 Å². The molecule has 390 valence electrons. The van der Waals surface area contributed by atoms with Gasteiger partial charge in [-0.25, -0.2) is 4.57 Å². The molecule has 13 heteroatoms. The highest BCUT2D eigenvalue weighted by molar-refractivity contribution is 7.47. The summed E-state index contributed by atoms with van der Waals surface area (Å²) in [5.41, 5.74) is 0. The first-order valence-electron chi connectivity index (χ1n) is 26.6. The van der Waals surface area contributed by atoms with Gasteiger partial charge in [0.2, 0.25) is 0 Å². The second kappa shape index (κ2) is 44.0. The van der Waals surface area contributed by atoms with Gasteiger partial charge in [-0.05, 0) is 83.5 Å². The van der Waals surface area contributed by atoms with Gasteiger partial charge in [0.05, 0.1) is 13.2 Å². The van der Waals surface area contributed by atoms with Crippen molar-refractivity contribution in [3.05, 3.63) is 60.8 Å². The number of unbranched alkanes of at least 4 members (excludes halogenated alkanes) is 23. The maximum Gasteiger partial charge on any atom is 0.472 e. The van der Waals surface area contributed by atoms with Crippen LogP contribution >= 0.6 is 7.82 Å². The molecule has 1 saturated carbocycles. The van der Waals surface area contributed by atoms with Crippen molar-refractivity contribution in [3.8, 4) is 0 Å². The number of esters is 1. The number of phosphoric ester groups is 1. The van der Waals surface area contributed by atoms with Gasteiger partial charge in [-0.2, -0.15) is 0 Å². The van der Waals surface area contributed by atoms with Gasteiger partial charge in [-0.3, -0.25) is 13.8 Å². The van der Waals surface area contributed by atoms with Crippen LogP contribution in [0.25, 0.3) is 0 Å². The molecule has 0 aliphatic heterocycles. The number of aliphatic hydroxyl groups excluding tert-OH is 5. The van der Waals surface area contributed by atoms with E-state index in [2.05, 4.69) is 74.6 Å². The molecule has 0 aromatic rings. The summed E-state index contributed by atoms with van der Waals surface area (Å²) in [5, 5.41) is 50.3. The number of hydrogen-bond acceptors (Lipinski definition) is 11. The Kier molecular flexibility index (Phi) is 41.4. The van der Waals surface area contributed by atoms with Gasteiger partial charge in [0.1, 0.15) is 42.7 Å². The Bertz CT molecular complexity index is 1340. The zero-order chi connectivity index (χ0) is 49.1. The van der Waals surface area contributed by atoms with E-state index in [0.717, 1.165) is 89.9 Å². The van der Waals surface area contributed by atoms with Crippen molar-refractivity contribution in [3.63, 3.8) is 0 Å². The summed E-state index contributed by atoms with van der Waals surface area (Å²) in [5.74, 6) is -0.493. The van der Waals surface area contributed by atoms with E-state index in [1.54, 1.807) is 0 Å². The number of rotatable bonds is 45. The van der Waals surface area contributed by atoms with E-state index >= 15 is 0 Å². The van der Waals surface area contributed by atoms with E-state index in [9.17, 15) is 39.8 Å². The van der Waals surface area contributed by atoms with Crippen LogP contribution in [0.3, 0.4) is 0 Å². The number of allylic oxidation sites excluding steroid dienone is 10. The molecule has 6 N–H and O–H groups in total. The zero-order valence-corrected chi connectivity index (χ0v) is 42.8. The SMILES string of the molecule is CCCCCC/C=C\C/C=C\CCCCCCCC(=O)OC(COCCCCCCCCCCC/C=C\C/C=C\C/C=C\CCCCCCC)COP(=O)(O)OC1C(O)C(O)C(O)C(O)C1O. The third-order valence-electron chi connectivity index (χ3n) is 12.1. The quantitative estimate of drug-likeness (QED) is 0.0147. The fourth-order valence-electron chi connectivity index (χ4n) is 7.86. The van der Waals surface area contributed by atoms with Crippen molar-refractivity contribution in [2.75, 3.05) is 19.8 Å². The molecule has 1 aliphatic carbocycles. The number of phosphoric acid groups is 1. The minimum absolute atomic E-state index is 0.0881. The van der Waals surface area contributed by atoms with Gasteiger partial charge in [-0.15, -0.1) is 0 Å². The van der Waals surface area contributed by atoms with Gasteiger partial charge in [0.25, 0.3) is 0 Å². The standard InChI is InChI=1S/C54H97O12P/c1-3-5-7-9-11-13-15-17-19-21-22-23-24-25-26-27-28-30-32-34-36-38-40-42-44-63-45-47(46-64-67(61,62)66-54-52(59)50(57)49(56)51(58)53(54)60)65-48(55)43-41-39-37-35-33-31-29-20-18-16-14-12-10-8-6-4-2/h14-17,20-22,24-25,29,47,49-54,56-60H,3-13,18-19,23,26-28,30-46H2,1-2H3,(H,61,62)/b16-14-,17-15-,22-21-,25-24-,29-20-. The lowest BCUT2D eigenvalue weighted by molar-refractivity contribution is -0.220. The Morgan fingerprint density at radius 3 is 1.28 bits per heavy atom. The lowest BCUT2D eigenvalue weighted by Crippen LogP contribution is -2.64. The smallest absolute Gasteiger partial charge is 0.457 e. The van der Waals surface area contributed by atoms with E-state index in [1.807, 2.05) is 0 Å². The molecule has 67 heavy (non-hydrogen) atoms. The maximum absolute atomic E-state index is 12.9. The van der Waals surface area contributed by atoms with Crippen LogP contribution in [0.15, 0.2) is 60.8 Å². The summed E-state index contributed by atoms with van der Waals surface area (Å²) in [6, 6.07) is 0. The van der Waals surface area contributed by atoms with Crippen molar-refractivity contribution >= 4 is 13.8 Å². The number of ether oxygens (including phenoxy) is 2. The largest absolute Gasteiger partial charge is 0.472 e. The van der Waals surface area contributed by atoms with Crippen LogP contribution in [-0.4, -0.2) is 98.9 Å². The molecule has 0 saturated heterocycles. The van der Waals surface area contributed by atoms with Crippen molar-refractivity contribution in [2.24, 2.45) is 0 Å². The van der Waals surface area contributed by atoms with Crippen LogP contribution in [0.1, 0.15) is 213 Å². The lowest BCUT2D eigenvalue weighted by atomic mass is 9.85. The van der Waals surface area contributed by atoms with Crippen LogP contribution in [0, 0.1) is 0 Å². The molecule has 0 spiro atoms. The molecule has 6 unspecified atom stereocenters. The maximum atomic E-state index is 12.9. The fraction of sp³-hybridized carbons (Fsp3) is 0.796. The van der Waals surface area contributed by atoms with Crippen molar-refractivity contribution in [2.45, 2.75) is 256 Å². The monoisotopic (exact) mass is 969 g/mol. The summed E-state index contributed by atoms with van der Waals surface area (Å²) in [6.07, 6.45) is 44.3. The minimum Gasteiger partial charge on any atom is -0.457 e. The van der Waals surface area contributed by atoms with Crippen molar-refractivity contribution in [1.29, 1.82) is 0 Å². The lowest BCUT2D eigenvalue weighted by Gasteiger charge is -2.41. The molecule has 1 rings (SSSR count). The predicted molar refractivity (Wildman–Crippen MR) is 272 cm³/mol. The Hall–Kier alpha value is -1.96. The first-order valence-corrected chi connectivity index (χ1v) is 28.1. The summed E-state index contributed by atoms with van der Waals surface area (Å²) >= 11 is 0. The van der Waals surface area contributed by atoms with E-state index in [-0.39, 0.29) is 13.0 Å². The summed E-state index contributed by atoms with van der Waals surface area (Å²) in [4.78, 5) is 23.2. The third kappa shape index (κ3) is 35.7. The molecular weight excluding hydrogens is 872 g/mol. The predicted octanol–water partition coefficient (Wildman–Crippen LogP) is 12.1. The summed E-state index contributed by atoms with van der Waals surface area (Å²) in [6.45, 7) is 4.22. The molecule has 0 radical (unpaired) electrons. The average Bonchev–Trinajstić information content (AvgIpc) is 3.31. The van der Waals surface area contributed by atoms with Gasteiger partial charge in [-0.1, -0.05) is 184 Å². The van der Waals surface area contributed by atoms with Crippen LogP contribution in [0.4, 0.5) is 0 Å².